The van der Waals surface area contributed by atoms with Gasteiger partial charge in [0.15, 0.2) is 9.84 Å². The lowest BCUT2D eigenvalue weighted by Gasteiger charge is -2.35. The third-order valence-electron chi connectivity index (χ3n) is 3.06. The van der Waals surface area contributed by atoms with Gasteiger partial charge in [-0.05, 0) is 32.1 Å². The van der Waals surface area contributed by atoms with Crippen LogP contribution in [0.25, 0.3) is 0 Å². The van der Waals surface area contributed by atoms with E-state index in [1.54, 1.807) is 13.8 Å². The van der Waals surface area contributed by atoms with Crippen molar-refractivity contribution in [2.75, 3.05) is 24.3 Å². The highest BCUT2D eigenvalue weighted by Gasteiger charge is 2.37. The molecule has 0 aliphatic carbocycles. The van der Waals surface area contributed by atoms with Crippen molar-refractivity contribution in [1.29, 1.82) is 0 Å². The van der Waals surface area contributed by atoms with Gasteiger partial charge in [-0.3, -0.25) is 0 Å². The minimum Gasteiger partial charge on any atom is -0.381 e. The molecule has 0 N–H and O–H groups in total. The van der Waals surface area contributed by atoms with Gasteiger partial charge in [0.25, 0.3) is 0 Å². The molecule has 15 heavy (non-hydrogen) atoms. The fourth-order valence-corrected chi connectivity index (χ4v) is 4.31. The molecule has 0 saturated carbocycles. The Hall–Kier alpha value is 0.390. The van der Waals surface area contributed by atoms with Crippen LogP contribution < -0.4 is 0 Å². The zero-order valence-corrected chi connectivity index (χ0v) is 11.7. The van der Waals surface area contributed by atoms with Crippen molar-refractivity contribution in [3.05, 3.63) is 0 Å². The molecule has 0 aromatic rings. The van der Waals surface area contributed by atoms with Gasteiger partial charge in [-0.1, -0.05) is 15.9 Å². The number of hydrogen-bond donors (Lipinski definition) is 0. The molecule has 0 unspecified atom stereocenters. The summed E-state index contributed by atoms with van der Waals surface area (Å²) < 4.78 is 29.1. The van der Waals surface area contributed by atoms with Gasteiger partial charge in [0.05, 0.1) is 11.0 Å². The summed E-state index contributed by atoms with van der Waals surface area (Å²) in [6.07, 6.45) is 1.68. The Labute approximate surface area is 101 Å². The lowest BCUT2D eigenvalue weighted by Crippen LogP contribution is -2.39. The second-order valence-corrected chi connectivity index (χ2v) is 7.72. The quantitative estimate of drug-likeness (QED) is 0.746. The zero-order chi connectivity index (χ0) is 11.5. The third kappa shape index (κ3) is 3.43. The van der Waals surface area contributed by atoms with Gasteiger partial charge in [0, 0.05) is 18.5 Å². The standard InChI is InChI=1S/C10H19BrO3S/c1-9(2)15(12,13)8-10(7-11)3-5-14-6-4-10/h9H,3-8H2,1-2H3. The Morgan fingerprint density at radius 2 is 1.87 bits per heavy atom. The van der Waals surface area contributed by atoms with Crippen LogP contribution in [0.2, 0.25) is 0 Å². The fourth-order valence-electron chi connectivity index (χ4n) is 1.71. The van der Waals surface area contributed by atoms with Crippen molar-refractivity contribution < 1.29 is 13.2 Å². The van der Waals surface area contributed by atoms with E-state index in [9.17, 15) is 8.42 Å². The molecule has 0 spiro atoms. The van der Waals surface area contributed by atoms with Crippen LogP contribution in [0.4, 0.5) is 0 Å². The molecule has 0 bridgehead atoms. The predicted molar refractivity (Wildman–Crippen MR) is 65.2 cm³/mol. The summed E-state index contributed by atoms with van der Waals surface area (Å²) in [6.45, 7) is 4.85. The number of alkyl halides is 1. The van der Waals surface area contributed by atoms with E-state index >= 15 is 0 Å². The van der Waals surface area contributed by atoms with Crippen LogP contribution in [0.15, 0.2) is 0 Å². The first-order valence-corrected chi connectivity index (χ1v) is 8.11. The molecule has 0 atom stereocenters. The van der Waals surface area contributed by atoms with Gasteiger partial charge >= 0.3 is 0 Å². The molecule has 0 aromatic carbocycles. The van der Waals surface area contributed by atoms with Crippen molar-refractivity contribution >= 4 is 25.8 Å². The van der Waals surface area contributed by atoms with E-state index < -0.39 is 9.84 Å². The van der Waals surface area contributed by atoms with Crippen LogP contribution in [-0.2, 0) is 14.6 Å². The van der Waals surface area contributed by atoms with E-state index in [-0.39, 0.29) is 16.4 Å². The molecule has 1 aliphatic heterocycles. The van der Waals surface area contributed by atoms with Crippen LogP contribution in [0.5, 0.6) is 0 Å². The van der Waals surface area contributed by atoms with Crippen LogP contribution in [0, 0.1) is 5.41 Å². The van der Waals surface area contributed by atoms with E-state index in [0.29, 0.717) is 13.2 Å². The number of hydrogen-bond acceptors (Lipinski definition) is 3. The molecular formula is C10H19BrO3S. The van der Waals surface area contributed by atoms with Gasteiger partial charge in [-0.2, -0.15) is 0 Å². The molecule has 5 heteroatoms. The first kappa shape index (κ1) is 13.5. The molecule has 1 aliphatic rings. The number of rotatable bonds is 4. The summed E-state index contributed by atoms with van der Waals surface area (Å²) in [6, 6.07) is 0. The normalized spacial score (nSPS) is 21.9. The molecule has 1 heterocycles. The van der Waals surface area contributed by atoms with E-state index in [0.717, 1.165) is 18.2 Å². The lowest BCUT2D eigenvalue weighted by atomic mass is 9.85. The van der Waals surface area contributed by atoms with Gasteiger partial charge < -0.3 is 4.74 Å². The lowest BCUT2D eigenvalue weighted by molar-refractivity contribution is 0.0367. The van der Waals surface area contributed by atoms with Crippen molar-refractivity contribution in [2.45, 2.75) is 31.9 Å². The highest BCUT2D eigenvalue weighted by molar-refractivity contribution is 9.09. The predicted octanol–water partition coefficient (Wildman–Crippen LogP) is 2.00. The summed E-state index contributed by atoms with van der Waals surface area (Å²) in [7, 11) is -2.95. The van der Waals surface area contributed by atoms with Crippen molar-refractivity contribution in [3.8, 4) is 0 Å². The van der Waals surface area contributed by atoms with Gasteiger partial charge in [0.2, 0.25) is 0 Å². The SMILES string of the molecule is CC(C)S(=O)(=O)CC1(CBr)CCOCC1. The molecule has 90 valence electrons. The van der Waals surface area contributed by atoms with Crippen LogP contribution in [0.3, 0.4) is 0 Å². The summed E-state index contributed by atoms with van der Waals surface area (Å²) in [5, 5.41) is 0.464. The number of ether oxygens (including phenoxy) is 1. The third-order valence-corrected chi connectivity index (χ3v) is 6.70. The summed E-state index contributed by atoms with van der Waals surface area (Å²) in [5.41, 5.74) is -0.110. The van der Waals surface area contributed by atoms with Crippen molar-refractivity contribution in [1.82, 2.24) is 0 Å². The average Bonchev–Trinajstić information content (AvgIpc) is 2.18. The molecule has 0 aromatic heterocycles. The average molecular weight is 299 g/mol. The van der Waals surface area contributed by atoms with Crippen LogP contribution in [0.1, 0.15) is 26.7 Å². The van der Waals surface area contributed by atoms with Crippen LogP contribution >= 0.6 is 15.9 Å². The van der Waals surface area contributed by atoms with E-state index in [4.69, 9.17) is 4.74 Å². The number of sulfone groups is 1. The van der Waals surface area contributed by atoms with E-state index in [1.807, 2.05) is 0 Å². The Balaban J connectivity index is 2.76. The zero-order valence-electron chi connectivity index (χ0n) is 9.33. The second-order valence-electron chi connectivity index (χ2n) is 4.60. The van der Waals surface area contributed by atoms with Gasteiger partial charge in [-0.15, -0.1) is 0 Å². The van der Waals surface area contributed by atoms with Crippen LogP contribution in [-0.4, -0.2) is 38.0 Å². The van der Waals surface area contributed by atoms with E-state index in [1.165, 1.54) is 0 Å². The molecule has 1 fully saturated rings. The van der Waals surface area contributed by atoms with E-state index in [2.05, 4.69) is 15.9 Å². The maximum atomic E-state index is 11.9. The molecule has 3 nitrogen and oxygen atoms in total. The summed E-state index contributed by atoms with van der Waals surface area (Å²) in [4.78, 5) is 0. The van der Waals surface area contributed by atoms with Gasteiger partial charge in [0.1, 0.15) is 0 Å². The molecular weight excluding hydrogens is 280 g/mol. The molecule has 1 rings (SSSR count). The maximum Gasteiger partial charge on any atom is 0.153 e. The first-order chi connectivity index (χ1) is 6.92. The smallest absolute Gasteiger partial charge is 0.153 e. The summed E-state index contributed by atoms with van der Waals surface area (Å²) in [5.74, 6) is 0.284. The Morgan fingerprint density at radius 1 is 1.33 bits per heavy atom. The highest BCUT2D eigenvalue weighted by Crippen LogP contribution is 2.34. The van der Waals surface area contributed by atoms with Gasteiger partial charge in [-0.25, -0.2) is 8.42 Å². The summed E-state index contributed by atoms with van der Waals surface area (Å²) >= 11 is 3.45. The van der Waals surface area contributed by atoms with Crippen molar-refractivity contribution in [2.24, 2.45) is 5.41 Å². The topological polar surface area (TPSA) is 43.4 Å². The minimum atomic E-state index is -2.95. The largest absolute Gasteiger partial charge is 0.381 e. The first-order valence-electron chi connectivity index (χ1n) is 5.27. The van der Waals surface area contributed by atoms with Crippen molar-refractivity contribution in [3.63, 3.8) is 0 Å². The Morgan fingerprint density at radius 3 is 2.27 bits per heavy atom. The number of halogens is 1. The monoisotopic (exact) mass is 298 g/mol. The Bertz CT molecular complexity index is 292. The highest BCUT2D eigenvalue weighted by atomic mass is 79.9. The maximum absolute atomic E-state index is 11.9. The second kappa shape index (κ2) is 5.15. The molecule has 0 radical (unpaired) electrons. The molecule has 0 amide bonds. The molecule has 1 saturated heterocycles. The Kier molecular flexibility index (Phi) is 4.62. The minimum absolute atomic E-state index is 0.110. The fraction of sp³-hybridized carbons (Fsp3) is 1.00.